The maximum atomic E-state index is 13.1. The van der Waals surface area contributed by atoms with Gasteiger partial charge in [0.25, 0.3) is 5.91 Å². The van der Waals surface area contributed by atoms with Crippen molar-refractivity contribution in [3.05, 3.63) is 57.9 Å². The Morgan fingerprint density at radius 2 is 1.94 bits per heavy atom. The number of carbonyl (C=O) groups is 1. The van der Waals surface area contributed by atoms with Crippen LogP contribution in [0, 0.1) is 0 Å². The molecule has 1 aliphatic rings. The molecule has 7 heteroatoms. The number of nitrogens with two attached hydrogens (primary N) is 1. The summed E-state index contributed by atoms with van der Waals surface area (Å²) in [6.07, 6.45) is 5.52. The van der Waals surface area contributed by atoms with Gasteiger partial charge in [0.2, 0.25) is 0 Å². The van der Waals surface area contributed by atoms with E-state index in [0.717, 1.165) is 47.3 Å². The second kappa shape index (κ2) is 8.32. The normalized spacial score (nSPS) is 13.6. The predicted molar refractivity (Wildman–Crippen MR) is 130 cm³/mol. The van der Waals surface area contributed by atoms with E-state index in [0.29, 0.717) is 16.3 Å². The summed E-state index contributed by atoms with van der Waals surface area (Å²) >= 11 is 3.09. The number of rotatable bonds is 4. The molecule has 3 N–H and O–H groups in total. The average Bonchev–Trinajstić information content (AvgIpc) is 3.35. The number of amides is 1. The molecule has 3 aromatic heterocycles. The van der Waals surface area contributed by atoms with Gasteiger partial charge in [-0.15, -0.1) is 22.7 Å². The first kappa shape index (κ1) is 20.0. The number of hydrogen-bond donors (Lipinski definition) is 2. The number of nitrogens with one attached hydrogen (secondary N) is 1. The molecular formula is C24H23N3O2S2. The zero-order valence-electron chi connectivity index (χ0n) is 17.2. The summed E-state index contributed by atoms with van der Waals surface area (Å²) in [5.41, 5.74) is 11.5. The molecule has 0 radical (unpaired) electrons. The van der Waals surface area contributed by atoms with E-state index >= 15 is 0 Å². The van der Waals surface area contributed by atoms with Crippen LogP contribution in [0.2, 0.25) is 0 Å². The number of nitrogens with zero attached hydrogens (tertiary/aromatic N) is 1. The fraction of sp³-hybridized carbons (Fsp3) is 0.250. The monoisotopic (exact) mass is 449 g/mol. The van der Waals surface area contributed by atoms with Crippen LogP contribution < -0.4 is 15.8 Å². The van der Waals surface area contributed by atoms with Crippen LogP contribution in [-0.4, -0.2) is 18.0 Å². The number of ether oxygens (including phenoxy) is 1. The van der Waals surface area contributed by atoms with E-state index in [1.165, 1.54) is 33.8 Å². The third kappa shape index (κ3) is 3.68. The van der Waals surface area contributed by atoms with Gasteiger partial charge in [-0.05, 0) is 67.0 Å². The van der Waals surface area contributed by atoms with E-state index < -0.39 is 0 Å². The van der Waals surface area contributed by atoms with Crippen LogP contribution in [0.25, 0.3) is 20.7 Å². The summed E-state index contributed by atoms with van der Waals surface area (Å²) in [6.45, 7) is 0. The van der Waals surface area contributed by atoms with Crippen LogP contribution in [0.5, 0.6) is 5.75 Å². The maximum Gasteiger partial charge on any atom is 0.267 e. The zero-order valence-corrected chi connectivity index (χ0v) is 18.9. The van der Waals surface area contributed by atoms with Gasteiger partial charge < -0.3 is 15.8 Å². The lowest BCUT2D eigenvalue weighted by Crippen LogP contribution is -2.11. The van der Waals surface area contributed by atoms with E-state index in [9.17, 15) is 4.79 Å². The minimum Gasteiger partial charge on any atom is -0.497 e. The summed E-state index contributed by atoms with van der Waals surface area (Å²) in [4.78, 5) is 20.6. The van der Waals surface area contributed by atoms with Crippen LogP contribution in [-0.2, 0) is 12.8 Å². The molecule has 0 aliphatic heterocycles. The minimum absolute atomic E-state index is 0.210. The number of benzene rings is 1. The Morgan fingerprint density at radius 1 is 1.13 bits per heavy atom. The molecule has 5 rings (SSSR count). The predicted octanol–water partition coefficient (Wildman–Crippen LogP) is 6.14. The van der Waals surface area contributed by atoms with Crippen molar-refractivity contribution in [3.63, 3.8) is 0 Å². The molecule has 31 heavy (non-hydrogen) atoms. The first-order valence-corrected chi connectivity index (χ1v) is 12.1. The van der Waals surface area contributed by atoms with Crippen LogP contribution in [0.15, 0.2) is 41.8 Å². The van der Waals surface area contributed by atoms with E-state index in [1.807, 2.05) is 24.3 Å². The van der Waals surface area contributed by atoms with Crippen molar-refractivity contribution in [2.45, 2.75) is 32.1 Å². The third-order valence-electron chi connectivity index (χ3n) is 5.73. The Bertz CT molecular complexity index is 1240. The molecular weight excluding hydrogens is 426 g/mol. The van der Waals surface area contributed by atoms with Gasteiger partial charge >= 0.3 is 0 Å². The van der Waals surface area contributed by atoms with Crippen molar-refractivity contribution in [1.29, 1.82) is 0 Å². The van der Waals surface area contributed by atoms with Gasteiger partial charge in [-0.25, -0.2) is 4.98 Å². The Kier molecular flexibility index (Phi) is 5.38. The number of pyridine rings is 1. The Labute approximate surface area is 188 Å². The van der Waals surface area contributed by atoms with E-state index in [-0.39, 0.29) is 5.91 Å². The molecule has 0 fully saturated rings. The van der Waals surface area contributed by atoms with Crippen molar-refractivity contribution >= 4 is 50.2 Å². The maximum absolute atomic E-state index is 13.1. The van der Waals surface area contributed by atoms with Gasteiger partial charge in [-0.3, -0.25) is 4.79 Å². The number of anilines is 2. The van der Waals surface area contributed by atoms with E-state index in [4.69, 9.17) is 15.5 Å². The fourth-order valence-corrected chi connectivity index (χ4v) is 6.03. The molecule has 0 spiro atoms. The molecule has 0 saturated carbocycles. The number of nitrogen functional groups attached to an aromatic ring is 1. The topological polar surface area (TPSA) is 77.2 Å². The lowest BCUT2D eigenvalue weighted by Gasteiger charge is -2.13. The Balaban J connectivity index is 1.61. The van der Waals surface area contributed by atoms with Crippen LogP contribution in [0.4, 0.5) is 11.4 Å². The molecule has 0 saturated heterocycles. The van der Waals surface area contributed by atoms with Gasteiger partial charge in [-0.1, -0.05) is 12.5 Å². The lowest BCUT2D eigenvalue weighted by molar-refractivity contribution is 0.103. The summed E-state index contributed by atoms with van der Waals surface area (Å²) in [7, 11) is 1.62. The quantitative estimate of drug-likeness (QED) is 0.367. The van der Waals surface area contributed by atoms with Crippen molar-refractivity contribution in [2.75, 3.05) is 18.2 Å². The largest absolute Gasteiger partial charge is 0.497 e. The average molecular weight is 450 g/mol. The third-order valence-corrected chi connectivity index (χ3v) is 7.71. The van der Waals surface area contributed by atoms with Gasteiger partial charge in [0.1, 0.15) is 15.5 Å². The van der Waals surface area contributed by atoms with Crippen molar-refractivity contribution in [1.82, 2.24) is 4.98 Å². The number of thiophene rings is 2. The number of carbonyl (C=O) groups excluding carboxylic acids is 1. The standard InChI is InChI=1S/C24H23N3O2S2/c1-29-15-11-9-14(10-12-15)26-23(28)22-21(25)20-19(18-8-5-13-30-18)16-6-3-2-4-7-17(16)27-24(20)31-22/h5,8-13H,2-4,6-7,25H2,1H3,(H,26,28). The number of methoxy groups -OCH3 is 1. The van der Waals surface area contributed by atoms with Gasteiger partial charge in [0.15, 0.2) is 0 Å². The highest BCUT2D eigenvalue weighted by atomic mass is 32.1. The Hall–Kier alpha value is -2.90. The van der Waals surface area contributed by atoms with E-state index in [2.05, 4.69) is 22.8 Å². The number of aryl methyl sites for hydroxylation is 1. The molecule has 5 nitrogen and oxygen atoms in total. The van der Waals surface area contributed by atoms with Crippen LogP contribution >= 0.6 is 22.7 Å². The highest BCUT2D eigenvalue weighted by Gasteiger charge is 2.25. The molecule has 0 unspecified atom stereocenters. The summed E-state index contributed by atoms with van der Waals surface area (Å²) in [5, 5.41) is 5.97. The SMILES string of the molecule is COc1ccc(NC(=O)c2sc3nc4c(c(-c5cccs5)c3c2N)CCCCC4)cc1. The fourth-order valence-electron chi connectivity index (χ4n) is 4.21. The van der Waals surface area contributed by atoms with E-state index in [1.54, 1.807) is 18.4 Å². The van der Waals surface area contributed by atoms with Crippen molar-refractivity contribution in [3.8, 4) is 16.2 Å². The number of fused-ring (bicyclic) bond motifs is 2. The van der Waals surface area contributed by atoms with Crippen molar-refractivity contribution in [2.24, 2.45) is 0 Å². The highest BCUT2D eigenvalue weighted by Crippen LogP contribution is 2.44. The summed E-state index contributed by atoms with van der Waals surface area (Å²) in [6, 6.07) is 11.5. The second-order valence-electron chi connectivity index (χ2n) is 7.66. The molecule has 1 amide bonds. The molecule has 1 aromatic carbocycles. The highest BCUT2D eigenvalue weighted by molar-refractivity contribution is 7.21. The summed E-state index contributed by atoms with van der Waals surface area (Å²) in [5.74, 6) is 0.531. The number of aromatic nitrogens is 1. The number of hydrogen-bond acceptors (Lipinski definition) is 6. The molecule has 158 valence electrons. The zero-order chi connectivity index (χ0) is 21.4. The van der Waals surface area contributed by atoms with Gasteiger partial charge in [0.05, 0.1) is 12.8 Å². The molecule has 0 atom stereocenters. The van der Waals surface area contributed by atoms with Crippen molar-refractivity contribution < 1.29 is 9.53 Å². The molecule has 1 aliphatic carbocycles. The Morgan fingerprint density at radius 3 is 2.68 bits per heavy atom. The smallest absolute Gasteiger partial charge is 0.267 e. The van der Waals surface area contributed by atoms with Crippen LogP contribution in [0.1, 0.15) is 40.2 Å². The molecule has 0 bridgehead atoms. The van der Waals surface area contributed by atoms with Gasteiger partial charge in [-0.2, -0.15) is 0 Å². The first-order valence-electron chi connectivity index (χ1n) is 10.4. The van der Waals surface area contributed by atoms with Crippen LogP contribution in [0.3, 0.4) is 0 Å². The first-order chi connectivity index (χ1) is 15.2. The second-order valence-corrected chi connectivity index (χ2v) is 9.60. The van der Waals surface area contributed by atoms with Gasteiger partial charge in [0, 0.05) is 27.2 Å². The molecule has 4 aromatic rings. The summed E-state index contributed by atoms with van der Waals surface area (Å²) < 4.78 is 5.19. The minimum atomic E-state index is -0.210. The lowest BCUT2D eigenvalue weighted by atomic mass is 9.97. The molecule has 3 heterocycles.